The molecule has 0 bridgehead atoms. The quantitative estimate of drug-likeness (QED) is 0.783. The van der Waals surface area contributed by atoms with Crippen LogP contribution in [0.15, 0.2) is 52.4 Å². The SMILES string of the molecule is CCc1ccc(/C=C2\SC(=Nc3ccc(C(=O)O)c(O)c3)N(C)C2=O)cc1. The molecule has 6 nitrogen and oxygen atoms in total. The molecule has 0 spiro atoms. The molecule has 0 radical (unpaired) electrons. The lowest BCUT2D eigenvalue weighted by Crippen LogP contribution is -2.23. The summed E-state index contributed by atoms with van der Waals surface area (Å²) >= 11 is 1.23. The monoisotopic (exact) mass is 382 g/mol. The van der Waals surface area contributed by atoms with Crippen LogP contribution < -0.4 is 0 Å². The molecule has 0 saturated carbocycles. The highest BCUT2D eigenvalue weighted by Crippen LogP contribution is 2.34. The van der Waals surface area contributed by atoms with Crippen molar-refractivity contribution >= 4 is 40.6 Å². The number of benzene rings is 2. The number of thioether (sulfide) groups is 1. The van der Waals surface area contributed by atoms with Gasteiger partial charge >= 0.3 is 5.97 Å². The van der Waals surface area contributed by atoms with Crippen molar-refractivity contribution in [2.45, 2.75) is 13.3 Å². The van der Waals surface area contributed by atoms with Crippen molar-refractivity contribution < 1.29 is 19.8 Å². The number of carboxylic acid groups (broad SMARTS) is 1. The van der Waals surface area contributed by atoms with Gasteiger partial charge < -0.3 is 10.2 Å². The standard InChI is InChI=1S/C20H18N2O4S/c1-3-12-4-6-13(7-5-12)10-17-18(24)22(2)20(27-17)21-14-8-9-15(19(25)26)16(23)11-14/h4-11,23H,3H2,1-2H3,(H,25,26)/b17-10-,21-20?. The van der Waals surface area contributed by atoms with E-state index in [-0.39, 0.29) is 17.2 Å². The van der Waals surface area contributed by atoms with Crippen LogP contribution in [0.3, 0.4) is 0 Å². The first-order valence-electron chi connectivity index (χ1n) is 8.30. The number of aryl methyl sites for hydroxylation is 1. The van der Waals surface area contributed by atoms with E-state index in [9.17, 15) is 14.7 Å². The third kappa shape index (κ3) is 4.03. The summed E-state index contributed by atoms with van der Waals surface area (Å²) in [5.41, 5.74) is 2.33. The molecule has 7 heteroatoms. The van der Waals surface area contributed by atoms with Gasteiger partial charge in [0.05, 0.1) is 10.6 Å². The summed E-state index contributed by atoms with van der Waals surface area (Å²) in [5, 5.41) is 19.2. The van der Waals surface area contributed by atoms with E-state index in [0.29, 0.717) is 15.8 Å². The Bertz CT molecular complexity index is 964. The fourth-order valence-corrected chi connectivity index (χ4v) is 3.52. The van der Waals surface area contributed by atoms with Gasteiger partial charge in [-0.05, 0) is 47.5 Å². The average molecular weight is 382 g/mol. The normalized spacial score (nSPS) is 17.1. The van der Waals surface area contributed by atoms with Crippen LogP contribution in [0.4, 0.5) is 5.69 Å². The second kappa shape index (κ2) is 7.67. The lowest BCUT2D eigenvalue weighted by molar-refractivity contribution is -0.121. The number of rotatable bonds is 4. The molecule has 0 aromatic heterocycles. The maximum Gasteiger partial charge on any atom is 0.339 e. The Morgan fingerprint density at radius 3 is 2.52 bits per heavy atom. The number of likely N-dealkylation sites (N-methyl/N-ethyl adjacent to an activating group) is 1. The molecule has 3 rings (SSSR count). The maximum atomic E-state index is 12.5. The number of hydrogen-bond donors (Lipinski definition) is 2. The van der Waals surface area contributed by atoms with E-state index in [2.05, 4.69) is 11.9 Å². The Morgan fingerprint density at radius 1 is 1.22 bits per heavy atom. The van der Waals surface area contributed by atoms with Crippen molar-refractivity contribution in [2.75, 3.05) is 7.05 Å². The molecule has 138 valence electrons. The highest BCUT2D eigenvalue weighted by Gasteiger charge is 2.30. The number of carbonyl (C=O) groups is 2. The minimum atomic E-state index is -1.21. The molecule has 0 unspecified atom stereocenters. The Hall–Kier alpha value is -3.06. The van der Waals surface area contributed by atoms with Gasteiger partial charge in [0.2, 0.25) is 0 Å². The van der Waals surface area contributed by atoms with Gasteiger partial charge in [0.1, 0.15) is 11.3 Å². The Balaban J connectivity index is 1.86. The average Bonchev–Trinajstić information content (AvgIpc) is 2.90. The second-order valence-corrected chi connectivity index (χ2v) is 6.98. The van der Waals surface area contributed by atoms with E-state index in [1.54, 1.807) is 7.05 Å². The summed E-state index contributed by atoms with van der Waals surface area (Å²) in [6, 6.07) is 12.0. The topological polar surface area (TPSA) is 90.2 Å². The maximum absolute atomic E-state index is 12.5. The van der Waals surface area contributed by atoms with Gasteiger partial charge in [-0.2, -0.15) is 0 Å². The van der Waals surface area contributed by atoms with Crippen molar-refractivity contribution in [1.29, 1.82) is 0 Å². The van der Waals surface area contributed by atoms with Gasteiger partial charge in [0, 0.05) is 13.1 Å². The third-order valence-electron chi connectivity index (χ3n) is 4.13. The van der Waals surface area contributed by atoms with Crippen LogP contribution in [0.5, 0.6) is 5.75 Å². The van der Waals surface area contributed by atoms with Gasteiger partial charge in [-0.15, -0.1) is 0 Å². The molecule has 0 atom stereocenters. The van der Waals surface area contributed by atoms with Gasteiger partial charge in [-0.1, -0.05) is 31.2 Å². The minimum absolute atomic E-state index is 0.162. The molecule has 27 heavy (non-hydrogen) atoms. The highest BCUT2D eigenvalue weighted by atomic mass is 32.2. The number of aromatic carboxylic acids is 1. The second-order valence-electron chi connectivity index (χ2n) is 5.97. The lowest BCUT2D eigenvalue weighted by Gasteiger charge is -2.07. The molecule has 1 aliphatic rings. The Kier molecular flexibility index (Phi) is 5.32. The summed E-state index contributed by atoms with van der Waals surface area (Å²) in [6.07, 6.45) is 2.77. The summed E-state index contributed by atoms with van der Waals surface area (Å²) in [4.78, 5) is 29.8. The number of nitrogens with zero attached hydrogens (tertiary/aromatic N) is 2. The van der Waals surface area contributed by atoms with Gasteiger partial charge in [0.15, 0.2) is 5.17 Å². The number of carboxylic acids is 1. The van der Waals surface area contributed by atoms with Gasteiger partial charge in [0.25, 0.3) is 5.91 Å². The van der Waals surface area contributed by atoms with E-state index in [1.807, 2.05) is 30.3 Å². The zero-order chi connectivity index (χ0) is 19.6. The van der Waals surface area contributed by atoms with Gasteiger partial charge in [-0.25, -0.2) is 9.79 Å². The number of aromatic hydroxyl groups is 1. The number of aliphatic imine (C=N–C) groups is 1. The smallest absolute Gasteiger partial charge is 0.339 e. The van der Waals surface area contributed by atoms with Crippen LogP contribution in [-0.2, 0) is 11.2 Å². The van der Waals surface area contributed by atoms with Crippen LogP contribution in [0.2, 0.25) is 0 Å². The number of carbonyl (C=O) groups excluding carboxylic acids is 1. The molecule has 2 N–H and O–H groups in total. The molecule has 1 saturated heterocycles. The molecule has 1 fully saturated rings. The zero-order valence-corrected chi connectivity index (χ0v) is 15.7. The zero-order valence-electron chi connectivity index (χ0n) is 14.8. The number of phenols is 1. The fourth-order valence-electron chi connectivity index (χ4n) is 2.53. The predicted molar refractivity (Wildman–Crippen MR) is 106 cm³/mol. The molecular weight excluding hydrogens is 364 g/mol. The van der Waals surface area contributed by atoms with E-state index in [1.165, 1.54) is 40.4 Å². The van der Waals surface area contributed by atoms with Crippen molar-refractivity contribution in [3.8, 4) is 5.75 Å². The third-order valence-corrected chi connectivity index (χ3v) is 5.19. The van der Waals surface area contributed by atoms with Crippen molar-refractivity contribution in [2.24, 2.45) is 4.99 Å². The molecule has 1 heterocycles. The van der Waals surface area contributed by atoms with Crippen molar-refractivity contribution in [1.82, 2.24) is 4.90 Å². The highest BCUT2D eigenvalue weighted by molar-refractivity contribution is 8.18. The Morgan fingerprint density at radius 2 is 1.93 bits per heavy atom. The van der Waals surface area contributed by atoms with Crippen molar-refractivity contribution in [3.63, 3.8) is 0 Å². The molecule has 1 aliphatic heterocycles. The van der Waals surface area contributed by atoms with Crippen LogP contribution in [-0.4, -0.2) is 39.2 Å². The summed E-state index contributed by atoms with van der Waals surface area (Å²) < 4.78 is 0. The lowest BCUT2D eigenvalue weighted by atomic mass is 10.1. The first-order chi connectivity index (χ1) is 12.9. The van der Waals surface area contributed by atoms with E-state index < -0.39 is 5.97 Å². The molecule has 2 aromatic carbocycles. The van der Waals surface area contributed by atoms with Gasteiger partial charge in [-0.3, -0.25) is 9.69 Å². The summed E-state index contributed by atoms with van der Waals surface area (Å²) in [5.74, 6) is -1.74. The Labute approximate surface area is 160 Å². The molecule has 1 amide bonds. The van der Waals surface area contributed by atoms with Crippen LogP contribution >= 0.6 is 11.8 Å². The number of amidine groups is 1. The van der Waals surface area contributed by atoms with Crippen LogP contribution in [0.1, 0.15) is 28.4 Å². The molecular formula is C20H18N2O4S. The van der Waals surface area contributed by atoms with Crippen LogP contribution in [0, 0.1) is 0 Å². The van der Waals surface area contributed by atoms with Crippen LogP contribution in [0.25, 0.3) is 6.08 Å². The van der Waals surface area contributed by atoms with E-state index in [0.717, 1.165) is 12.0 Å². The summed E-state index contributed by atoms with van der Waals surface area (Å²) in [6.45, 7) is 2.09. The van der Waals surface area contributed by atoms with E-state index >= 15 is 0 Å². The fraction of sp³-hybridized carbons (Fsp3) is 0.150. The minimum Gasteiger partial charge on any atom is -0.507 e. The summed E-state index contributed by atoms with van der Waals surface area (Å²) in [7, 11) is 1.63. The number of amides is 1. The first-order valence-corrected chi connectivity index (χ1v) is 9.12. The largest absolute Gasteiger partial charge is 0.507 e. The molecule has 2 aromatic rings. The van der Waals surface area contributed by atoms with E-state index in [4.69, 9.17) is 5.11 Å². The predicted octanol–water partition coefficient (Wildman–Crippen LogP) is 3.89. The molecule has 0 aliphatic carbocycles. The first kappa shape index (κ1) is 18.7. The number of hydrogen-bond acceptors (Lipinski definition) is 5. The van der Waals surface area contributed by atoms with Crippen molar-refractivity contribution in [3.05, 3.63) is 64.1 Å².